The number of methoxy groups -OCH3 is 2. The number of hydrogen-bond donors (Lipinski definition) is 1. The molecule has 0 bridgehead atoms. The highest BCUT2D eigenvalue weighted by Gasteiger charge is 2.34. The molecule has 26 heavy (non-hydrogen) atoms. The fourth-order valence-corrected chi connectivity index (χ4v) is 3.06. The molecule has 1 aromatic carbocycles. The number of amides is 1. The molecule has 1 N–H and O–H groups in total. The van der Waals surface area contributed by atoms with Gasteiger partial charge in [-0.15, -0.1) is 0 Å². The molecule has 1 amide bonds. The summed E-state index contributed by atoms with van der Waals surface area (Å²) >= 11 is 0. The third kappa shape index (κ3) is 3.94. The molecule has 0 fully saturated rings. The van der Waals surface area contributed by atoms with E-state index in [0.29, 0.717) is 12.3 Å². The van der Waals surface area contributed by atoms with Gasteiger partial charge in [0.25, 0.3) is 0 Å². The van der Waals surface area contributed by atoms with Gasteiger partial charge in [-0.2, -0.15) is 5.26 Å². The Labute approximate surface area is 156 Å². The van der Waals surface area contributed by atoms with E-state index in [1.165, 1.54) is 5.56 Å². The molecule has 1 heterocycles. The fourth-order valence-electron chi connectivity index (χ4n) is 3.06. The second-order valence-corrected chi connectivity index (χ2v) is 7.33. The first-order valence-corrected chi connectivity index (χ1v) is 8.96. The molecule has 2 rings (SSSR count). The first-order valence-electron chi connectivity index (χ1n) is 8.96. The summed E-state index contributed by atoms with van der Waals surface area (Å²) in [5.41, 5.74) is 1.49. The van der Waals surface area contributed by atoms with Crippen LogP contribution in [-0.4, -0.2) is 43.2 Å². The van der Waals surface area contributed by atoms with Crippen molar-refractivity contribution in [3.8, 4) is 17.6 Å². The van der Waals surface area contributed by atoms with Crippen molar-refractivity contribution in [2.24, 2.45) is 5.92 Å². The van der Waals surface area contributed by atoms with Crippen LogP contribution in [0.15, 0.2) is 12.1 Å². The van der Waals surface area contributed by atoms with E-state index >= 15 is 0 Å². The van der Waals surface area contributed by atoms with Crippen LogP contribution in [0.5, 0.6) is 11.5 Å². The van der Waals surface area contributed by atoms with Crippen molar-refractivity contribution in [2.75, 3.05) is 20.8 Å². The number of nitriles is 1. The average Bonchev–Trinajstić information content (AvgIpc) is 2.65. The summed E-state index contributed by atoms with van der Waals surface area (Å²) in [6, 6.07) is 5.91. The first kappa shape index (κ1) is 20.1. The Morgan fingerprint density at radius 1 is 1.23 bits per heavy atom. The summed E-state index contributed by atoms with van der Waals surface area (Å²) in [6.07, 6.45) is 0.840. The number of carbonyl (C=O) groups is 1. The van der Waals surface area contributed by atoms with E-state index in [-0.39, 0.29) is 17.9 Å². The van der Waals surface area contributed by atoms with Gasteiger partial charge in [-0.1, -0.05) is 13.8 Å². The Morgan fingerprint density at radius 2 is 1.81 bits per heavy atom. The van der Waals surface area contributed by atoms with Gasteiger partial charge in [-0.25, -0.2) is 0 Å². The molecule has 0 saturated heterocycles. The van der Waals surface area contributed by atoms with Crippen molar-refractivity contribution < 1.29 is 14.3 Å². The van der Waals surface area contributed by atoms with E-state index < -0.39 is 5.54 Å². The summed E-state index contributed by atoms with van der Waals surface area (Å²) < 4.78 is 10.8. The standard InChI is InChI=1S/C20H29N3O3/c1-13(2)20(4,12-21)22-19(24)14(3)23-8-7-15-9-17(25-5)18(26-6)10-16(15)11-23/h9-10,13-14H,7-8,11H2,1-6H3,(H,22,24). The molecule has 1 aliphatic rings. The molecule has 0 radical (unpaired) electrons. The predicted molar refractivity (Wildman–Crippen MR) is 100 cm³/mol. The zero-order valence-corrected chi connectivity index (χ0v) is 16.5. The summed E-state index contributed by atoms with van der Waals surface area (Å²) in [7, 11) is 3.25. The fraction of sp³-hybridized carbons (Fsp3) is 0.600. The topological polar surface area (TPSA) is 74.6 Å². The van der Waals surface area contributed by atoms with Gasteiger partial charge < -0.3 is 14.8 Å². The van der Waals surface area contributed by atoms with Crippen molar-refractivity contribution in [2.45, 2.75) is 52.2 Å². The normalized spacial score (nSPS) is 17.6. The molecule has 2 unspecified atom stereocenters. The molecule has 0 saturated carbocycles. The third-order valence-corrected chi connectivity index (χ3v) is 5.44. The van der Waals surface area contributed by atoms with Crippen LogP contribution in [0.1, 0.15) is 38.8 Å². The van der Waals surface area contributed by atoms with Gasteiger partial charge in [-0.3, -0.25) is 9.69 Å². The van der Waals surface area contributed by atoms with Gasteiger partial charge in [0.15, 0.2) is 11.5 Å². The number of carbonyl (C=O) groups excluding carboxylic acids is 1. The quantitative estimate of drug-likeness (QED) is 0.845. The minimum atomic E-state index is -0.865. The van der Waals surface area contributed by atoms with E-state index in [1.807, 2.05) is 32.9 Å². The molecule has 2 atom stereocenters. The minimum absolute atomic E-state index is 0.0301. The highest BCUT2D eigenvalue weighted by atomic mass is 16.5. The van der Waals surface area contributed by atoms with Crippen molar-refractivity contribution in [3.05, 3.63) is 23.3 Å². The lowest BCUT2D eigenvalue weighted by Crippen LogP contribution is -2.55. The van der Waals surface area contributed by atoms with Crippen LogP contribution < -0.4 is 14.8 Å². The lowest BCUT2D eigenvalue weighted by Gasteiger charge is -2.35. The number of benzene rings is 1. The van der Waals surface area contributed by atoms with Gasteiger partial charge in [0, 0.05) is 13.1 Å². The van der Waals surface area contributed by atoms with Crippen molar-refractivity contribution in [1.29, 1.82) is 5.26 Å². The van der Waals surface area contributed by atoms with Crippen molar-refractivity contribution >= 4 is 5.91 Å². The lowest BCUT2D eigenvalue weighted by molar-refractivity contribution is -0.127. The first-order chi connectivity index (χ1) is 12.3. The van der Waals surface area contributed by atoms with E-state index in [2.05, 4.69) is 16.3 Å². The van der Waals surface area contributed by atoms with Crippen LogP contribution in [0.2, 0.25) is 0 Å². The minimum Gasteiger partial charge on any atom is -0.493 e. The second-order valence-electron chi connectivity index (χ2n) is 7.33. The van der Waals surface area contributed by atoms with Gasteiger partial charge in [0.2, 0.25) is 5.91 Å². The van der Waals surface area contributed by atoms with Crippen molar-refractivity contribution in [1.82, 2.24) is 10.2 Å². The van der Waals surface area contributed by atoms with Gasteiger partial charge in [0.1, 0.15) is 5.54 Å². The van der Waals surface area contributed by atoms with Crippen LogP contribution in [0.4, 0.5) is 0 Å². The summed E-state index contributed by atoms with van der Waals surface area (Å²) in [5, 5.41) is 12.3. The van der Waals surface area contributed by atoms with Crippen molar-refractivity contribution in [3.63, 3.8) is 0 Å². The van der Waals surface area contributed by atoms with E-state index in [1.54, 1.807) is 21.1 Å². The maximum absolute atomic E-state index is 12.7. The van der Waals surface area contributed by atoms with Gasteiger partial charge >= 0.3 is 0 Å². The number of ether oxygens (including phenoxy) is 2. The molecule has 0 aromatic heterocycles. The number of hydrogen-bond acceptors (Lipinski definition) is 5. The largest absolute Gasteiger partial charge is 0.493 e. The molecule has 1 aromatic rings. The summed E-state index contributed by atoms with van der Waals surface area (Å²) in [4.78, 5) is 14.8. The van der Waals surface area contributed by atoms with Gasteiger partial charge in [-0.05, 0) is 49.4 Å². The Kier molecular flexibility index (Phi) is 6.14. The van der Waals surface area contributed by atoms with E-state index in [4.69, 9.17) is 9.47 Å². The number of nitrogens with zero attached hydrogens (tertiary/aromatic N) is 2. The maximum atomic E-state index is 12.7. The predicted octanol–water partition coefficient (Wildman–Crippen LogP) is 2.50. The third-order valence-electron chi connectivity index (χ3n) is 5.44. The van der Waals surface area contributed by atoms with Crippen LogP contribution in [0.25, 0.3) is 0 Å². The smallest absolute Gasteiger partial charge is 0.238 e. The maximum Gasteiger partial charge on any atom is 0.238 e. The average molecular weight is 359 g/mol. The van der Waals surface area contributed by atoms with Gasteiger partial charge in [0.05, 0.1) is 26.3 Å². The van der Waals surface area contributed by atoms with Crippen LogP contribution in [0, 0.1) is 17.2 Å². The van der Waals surface area contributed by atoms with E-state index in [0.717, 1.165) is 24.3 Å². The number of fused-ring (bicyclic) bond motifs is 1. The lowest BCUT2D eigenvalue weighted by atomic mass is 9.89. The molecule has 0 aliphatic carbocycles. The van der Waals surface area contributed by atoms with Crippen LogP contribution in [-0.2, 0) is 17.8 Å². The number of rotatable bonds is 6. The number of nitrogens with one attached hydrogen (secondary N) is 1. The molecular weight excluding hydrogens is 330 g/mol. The molecule has 1 aliphatic heterocycles. The Balaban J connectivity index is 2.15. The summed E-state index contributed by atoms with van der Waals surface area (Å²) in [5.74, 6) is 1.34. The van der Waals surface area contributed by atoms with E-state index in [9.17, 15) is 10.1 Å². The highest BCUT2D eigenvalue weighted by Crippen LogP contribution is 2.33. The molecule has 6 nitrogen and oxygen atoms in total. The zero-order valence-electron chi connectivity index (χ0n) is 16.5. The molecule has 142 valence electrons. The zero-order chi connectivity index (χ0) is 19.5. The van der Waals surface area contributed by atoms with Crippen LogP contribution in [0.3, 0.4) is 0 Å². The summed E-state index contributed by atoms with van der Waals surface area (Å²) in [6.45, 7) is 8.97. The molecule has 6 heteroatoms. The molecular formula is C20H29N3O3. The molecule has 0 spiro atoms. The van der Waals surface area contributed by atoms with Crippen LogP contribution >= 0.6 is 0 Å². The Hall–Kier alpha value is -2.26. The Bertz CT molecular complexity index is 711. The Morgan fingerprint density at radius 3 is 2.31 bits per heavy atom. The second kappa shape index (κ2) is 7.96. The SMILES string of the molecule is COc1cc2c(cc1OC)CN(C(C)C(=O)NC(C)(C#N)C(C)C)CC2. The monoisotopic (exact) mass is 359 g/mol. The highest BCUT2D eigenvalue weighted by molar-refractivity contribution is 5.82.